The van der Waals surface area contributed by atoms with Crippen LogP contribution in [0, 0.1) is 11.7 Å². The molecule has 0 radical (unpaired) electrons. The molecule has 0 unspecified atom stereocenters. The number of hydrogen-bond acceptors (Lipinski definition) is 2. The summed E-state index contributed by atoms with van der Waals surface area (Å²) < 4.78 is 18.8. The average Bonchev–Trinajstić information content (AvgIpc) is 2.96. The van der Waals surface area contributed by atoms with Gasteiger partial charge in [0.2, 0.25) is 0 Å². The van der Waals surface area contributed by atoms with Crippen molar-refractivity contribution >= 4 is 16.9 Å². The number of guanidine groups is 1. The molecule has 1 aromatic carbocycles. The van der Waals surface area contributed by atoms with Crippen molar-refractivity contribution < 1.29 is 9.13 Å². The fraction of sp³-hybridized carbons (Fsp3) is 0.526. The number of nitrogens with zero attached hydrogens (tertiary/aromatic N) is 1. The van der Waals surface area contributed by atoms with E-state index in [9.17, 15) is 4.39 Å². The molecular weight excluding hydrogens is 319 g/mol. The molecule has 0 fully saturated rings. The molecule has 0 aliphatic rings. The van der Waals surface area contributed by atoms with Gasteiger partial charge in [-0.2, -0.15) is 0 Å². The van der Waals surface area contributed by atoms with Crippen molar-refractivity contribution in [3.05, 3.63) is 35.8 Å². The van der Waals surface area contributed by atoms with Gasteiger partial charge in [-0.15, -0.1) is 0 Å². The number of aromatic nitrogens is 1. The highest BCUT2D eigenvalue weighted by Crippen LogP contribution is 2.19. The lowest BCUT2D eigenvalue weighted by Crippen LogP contribution is -2.38. The molecule has 0 atom stereocenters. The predicted octanol–water partition coefficient (Wildman–Crippen LogP) is 3.08. The van der Waals surface area contributed by atoms with Crippen molar-refractivity contribution in [2.75, 3.05) is 32.8 Å². The van der Waals surface area contributed by atoms with Gasteiger partial charge in [0, 0.05) is 36.8 Å². The number of halogens is 1. The van der Waals surface area contributed by atoms with Crippen LogP contribution in [0.15, 0.2) is 29.4 Å². The summed E-state index contributed by atoms with van der Waals surface area (Å²) in [6, 6.07) is 4.84. The molecule has 0 bridgehead atoms. The van der Waals surface area contributed by atoms with Gasteiger partial charge in [-0.1, -0.05) is 13.8 Å². The van der Waals surface area contributed by atoms with Crippen molar-refractivity contribution in [2.24, 2.45) is 10.9 Å². The maximum absolute atomic E-state index is 13.2. The van der Waals surface area contributed by atoms with Gasteiger partial charge in [0.05, 0.1) is 13.2 Å². The third-order valence-corrected chi connectivity index (χ3v) is 3.72. The molecule has 138 valence electrons. The van der Waals surface area contributed by atoms with E-state index < -0.39 is 0 Å². The van der Waals surface area contributed by atoms with Crippen LogP contribution in [-0.2, 0) is 11.2 Å². The van der Waals surface area contributed by atoms with E-state index in [0.717, 1.165) is 43.0 Å². The van der Waals surface area contributed by atoms with Crippen LogP contribution in [0.25, 0.3) is 10.9 Å². The maximum Gasteiger partial charge on any atom is 0.191 e. The third-order valence-electron chi connectivity index (χ3n) is 3.72. The van der Waals surface area contributed by atoms with Gasteiger partial charge < -0.3 is 20.4 Å². The summed E-state index contributed by atoms with van der Waals surface area (Å²) in [5.41, 5.74) is 2.00. The van der Waals surface area contributed by atoms with Crippen LogP contribution in [-0.4, -0.2) is 43.8 Å². The first-order valence-corrected chi connectivity index (χ1v) is 8.95. The van der Waals surface area contributed by atoms with Crippen molar-refractivity contribution in [2.45, 2.75) is 27.2 Å². The van der Waals surface area contributed by atoms with Crippen molar-refractivity contribution in [3.63, 3.8) is 0 Å². The number of fused-ring (bicyclic) bond motifs is 1. The smallest absolute Gasteiger partial charge is 0.191 e. The first-order valence-electron chi connectivity index (χ1n) is 8.95. The molecule has 0 spiro atoms. The Labute approximate surface area is 149 Å². The van der Waals surface area contributed by atoms with Crippen molar-refractivity contribution in [3.8, 4) is 0 Å². The van der Waals surface area contributed by atoms with E-state index in [-0.39, 0.29) is 5.82 Å². The zero-order chi connectivity index (χ0) is 18.1. The molecule has 2 aromatic rings. The maximum atomic E-state index is 13.2. The second-order valence-corrected chi connectivity index (χ2v) is 6.41. The largest absolute Gasteiger partial charge is 0.379 e. The van der Waals surface area contributed by atoms with Gasteiger partial charge in [-0.05, 0) is 43.0 Å². The molecular formula is C19H29FN4O. The Morgan fingerprint density at radius 1 is 1.32 bits per heavy atom. The lowest BCUT2D eigenvalue weighted by atomic mass is 10.1. The third kappa shape index (κ3) is 6.38. The standard InChI is InChI=1S/C19H29FN4O/c1-4-21-19(23-9-10-25-13-14(2)3)22-8-7-15-12-24-18-11-16(20)5-6-17(15)18/h5-6,11-12,14,24H,4,7-10,13H2,1-3H3,(H2,21,22,23). The van der Waals surface area contributed by atoms with Crippen molar-refractivity contribution in [1.29, 1.82) is 0 Å². The molecule has 5 nitrogen and oxygen atoms in total. The van der Waals surface area contributed by atoms with Gasteiger partial charge in [-0.25, -0.2) is 4.39 Å². The van der Waals surface area contributed by atoms with E-state index in [1.165, 1.54) is 17.7 Å². The van der Waals surface area contributed by atoms with E-state index in [1.807, 2.05) is 19.2 Å². The summed E-state index contributed by atoms with van der Waals surface area (Å²) in [4.78, 5) is 7.63. The molecule has 1 aromatic heterocycles. The van der Waals surface area contributed by atoms with E-state index in [4.69, 9.17) is 4.74 Å². The van der Waals surface area contributed by atoms with Gasteiger partial charge in [0.25, 0.3) is 0 Å². The van der Waals surface area contributed by atoms with Crippen LogP contribution in [0.5, 0.6) is 0 Å². The topological polar surface area (TPSA) is 61.4 Å². The molecule has 0 saturated heterocycles. The monoisotopic (exact) mass is 348 g/mol. The molecule has 0 saturated carbocycles. The first kappa shape index (κ1) is 19.2. The lowest BCUT2D eigenvalue weighted by Gasteiger charge is -2.11. The van der Waals surface area contributed by atoms with E-state index in [0.29, 0.717) is 19.1 Å². The minimum Gasteiger partial charge on any atom is -0.379 e. The molecule has 0 amide bonds. The number of nitrogens with one attached hydrogen (secondary N) is 3. The van der Waals surface area contributed by atoms with E-state index in [1.54, 1.807) is 0 Å². The molecule has 6 heteroatoms. The van der Waals surface area contributed by atoms with Gasteiger partial charge in [0.15, 0.2) is 5.96 Å². The number of aliphatic imine (C=N–C) groups is 1. The summed E-state index contributed by atoms with van der Waals surface area (Å²) >= 11 is 0. The van der Waals surface area contributed by atoms with Gasteiger partial charge >= 0.3 is 0 Å². The van der Waals surface area contributed by atoms with Crippen LogP contribution in [0.1, 0.15) is 26.3 Å². The zero-order valence-corrected chi connectivity index (χ0v) is 15.4. The summed E-state index contributed by atoms with van der Waals surface area (Å²) in [7, 11) is 0. The van der Waals surface area contributed by atoms with Crippen LogP contribution in [0.3, 0.4) is 0 Å². The summed E-state index contributed by atoms with van der Waals surface area (Å²) in [6.07, 6.45) is 2.77. The number of H-pyrrole nitrogens is 1. The molecule has 25 heavy (non-hydrogen) atoms. The summed E-state index contributed by atoms with van der Waals surface area (Å²) in [5, 5.41) is 7.63. The average molecular weight is 348 g/mol. The second-order valence-electron chi connectivity index (χ2n) is 6.41. The highest BCUT2D eigenvalue weighted by molar-refractivity contribution is 5.83. The minimum atomic E-state index is -0.222. The summed E-state index contributed by atoms with van der Waals surface area (Å²) in [6.45, 7) is 9.90. The molecule has 0 aliphatic carbocycles. The second kappa shape index (κ2) is 10.0. The normalized spacial score (nSPS) is 12.1. The quantitative estimate of drug-likeness (QED) is 0.371. The Hall–Kier alpha value is -2.08. The highest BCUT2D eigenvalue weighted by atomic mass is 19.1. The van der Waals surface area contributed by atoms with Crippen LogP contribution in [0.4, 0.5) is 4.39 Å². The SMILES string of the molecule is CCNC(=NCCOCC(C)C)NCCc1c[nH]c2cc(F)ccc12. The highest BCUT2D eigenvalue weighted by Gasteiger charge is 2.05. The number of ether oxygens (including phenoxy) is 1. The zero-order valence-electron chi connectivity index (χ0n) is 15.4. The Morgan fingerprint density at radius 2 is 2.16 bits per heavy atom. The first-order chi connectivity index (χ1) is 12.1. The number of benzene rings is 1. The Kier molecular flexibility index (Phi) is 7.73. The fourth-order valence-corrected chi connectivity index (χ4v) is 2.56. The Morgan fingerprint density at radius 3 is 2.92 bits per heavy atom. The number of rotatable bonds is 9. The predicted molar refractivity (Wildman–Crippen MR) is 102 cm³/mol. The number of hydrogen-bond donors (Lipinski definition) is 3. The molecule has 0 aliphatic heterocycles. The fourth-order valence-electron chi connectivity index (χ4n) is 2.56. The number of aromatic amines is 1. The summed E-state index contributed by atoms with van der Waals surface area (Å²) in [5.74, 6) is 1.11. The minimum absolute atomic E-state index is 0.222. The van der Waals surface area contributed by atoms with Gasteiger partial charge in [0.1, 0.15) is 5.82 Å². The molecule has 3 N–H and O–H groups in total. The molecule has 2 rings (SSSR count). The van der Waals surface area contributed by atoms with E-state index >= 15 is 0 Å². The molecule has 1 heterocycles. The Balaban J connectivity index is 1.81. The van der Waals surface area contributed by atoms with E-state index in [2.05, 4.69) is 34.5 Å². The van der Waals surface area contributed by atoms with Gasteiger partial charge in [-0.3, -0.25) is 4.99 Å². The van der Waals surface area contributed by atoms with Crippen LogP contribution in [0.2, 0.25) is 0 Å². The van der Waals surface area contributed by atoms with Crippen molar-refractivity contribution in [1.82, 2.24) is 15.6 Å². The Bertz CT molecular complexity index is 681. The van der Waals surface area contributed by atoms with Crippen LogP contribution >= 0.6 is 0 Å². The van der Waals surface area contributed by atoms with Crippen LogP contribution < -0.4 is 10.6 Å². The lowest BCUT2D eigenvalue weighted by molar-refractivity contribution is 0.117.